The van der Waals surface area contributed by atoms with Gasteiger partial charge in [-0.2, -0.15) is 5.26 Å². The van der Waals surface area contributed by atoms with Crippen LogP contribution in [0.2, 0.25) is 0 Å². The Morgan fingerprint density at radius 1 is 1.19 bits per heavy atom. The normalized spacial score (nSPS) is 20.9. The molecule has 1 aromatic carbocycles. The number of benzene rings is 1. The number of aromatic amines is 1. The maximum Gasteiger partial charge on any atom is 0.268 e. The van der Waals surface area contributed by atoms with Crippen LogP contribution in [0.1, 0.15) is 54.4 Å². The quantitative estimate of drug-likeness (QED) is 0.774. The van der Waals surface area contributed by atoms with Gasteiger partial charge in [0.2, 0.25) is 0 Å². The molecule has 3 heterocycles. The molecule has 2 saturated heterocycles. The van der Waals surface area contributed by atoms with E-state index in [1.54, 1.807) is 12.1 Å². The molecular weight excluding hydrogens is 402 g/mol. The first-order valence-corrected chi connectivity index (χ1v) is 11.8. The van der Waals surface area contributed by atoms with Gasteiger partial charge in [0.25, 0.3) is 11.5 Å². The molecule has 0 atom stereocenters. The van der Waals surface area contributed by atoms with Crippen LogP contribution in [0.4, 0.5) is 5.69 Å². The van der Waals surface area contributed by atoms with Crippen molar-refractivity contribution in [3.63, 3.8) is 0 Å². The Morgan fingerprint density at radius 2 is 1.91 bits per heavy atom. The lowest BCUT2D eigenvalue weighted by Crippen LogP contribution is -2.37. The minimum absolute atomic E-state index is 0.0999. The van der Waals surface area contributed by atoms with Crippen molar-refractivity contribution in [3.05, 3.63) is 39.7 Å². The molecule has 7 heteroatoms. The second-order valence-corrected chi connectivity index (χ2v) is 9.99. The molecule has 0 unspecified atom stereocenters. The van der Waals surface area contributed by atoms with Crippen LogP contribution >= 0.6 is 0 Å². The molecule has 2 aromatic rings. The summed E-state index contributed by atoms with van der Waals surface area (Å²) in [7, 11) is 2.13. The highest BCUT2D eigenvalue weighted by Gasteiger charge is 2.44. The fourth-order valence-corrected chi connectivity index (χ4v) is 5.34. The molecule has 2 N–H and O–H groups in total. The van der Waals surface area contributed by atoms with Crippen LogP contribution in [0.25, 0.3) is 10.9 Å². The molecule has 1 saturated carbocycles. The lowest BCUT2D eigenvalue weighted by Gasteiger charge is -2.34. The molecule has 1 aromatic heterocycles. The van der Waals surface area contributed by atoms with E-state index in [0.29, 0.717) is 34.6 Å². The molecule has 1 aliphatic carbocycles. The first-order chi connectivity index (χ1) is 15.5. The Hall–Kier alpha value is -2.85. The number of nitrogens with zero attached hydrogens (tertiary/aromatic N) is 3. The third-order valence-corrected chi connectivity index (χ3v) is 7.85. The average molecular weight is 434 g/mol. The fourth-order valence-electron chi connectivity index (χ4n) is 5.34. The number of amides is 1. The van der Waals surface area contributed by atoms with Crippen LogP contribution in [0, 0.1) is 22.7 Å². The molecule has 0 radical (unpaired) electrons. The van der Waals surface area contributed by atoms with Crippen LogP contribution in [-0.2, 0) is 0 Å². The maximum atomic E-state index is 12.9. The summed E-state index contributed by atoms with van der Waals surface area (Å²) in [5.74, 6) is 0.410. The third kappa shape index (κ3) is 4.00. The number of nitriles is 1. The number of hydrogen-bond donors (Lipinski definition) is 2. The monoisotopic (exact) mass is 433 g/mol. The van der Waals surface area contributed by atoms with Gasteiger partial charge in [0.1, 0.15) is 11.6 Å². The highest BCUT2D eigenvalue weighted by molar-refractivity contribution is 6.02. The number of likely N-dealkylation sites (tertiary alicyclic amines) is 1. The van der Waals surface area contributed by atoms with Gasteiger partial charge >= 0.3 is 0 Å². The van der Waals surface area contributed by atoms with E-state index < -0.39 is 0 Å². The number of fused-ring (bicyclic) bond motifs is 1. The lowest BCUT2D eigenvalue weighted by atomic mass is 9.92. The smallest absolute Gasteiger partial charge is 0.268 e. The van der Waals surface area contributed by atoms with Gasteiger partial charge in [-0.15, -0.1) is 0 Å². The summed E-state index contributed by atoms with van der Waals surface area (Å²) in [6.45, 7) is 4.52. The first kappa shape index (κ1) is 21.0. The maximum absolute atomic E-state index is 12.9. The molecule has 1 spiro atoms. The van der Waals surface area contributed by atoms with Crippen LogP contribution in [0.5, 0.6) is 0 Å². The minimum Gasteiger partial charge on any atom is -0.370 e. The SMILES string of the molecule is CN1CCC(CNC(=O)c2ccc3[nH]c(=O)c(C#N)c(N4CCC5(CC4)CC5)c3c2)CC1. The van der Waals surface area contributed by atoms with Crippen molar-refractivity contribution in [2.24, 2.45) is 11.3 Å². The number of pyridine rings is 1. The number of carbonyl (C=O) groups excluding carboxylic acids is 1. The third-order valence-electron chi connectivity index (χ3n) is 7.85. The van der Waals surface area contributed by atoms with Crippen LogP contribution in [0.3, 0.4) is 0 Å². The summed E-state index contributed by atoms with van der Waals surface area (Å²) in [5, 5.41) is 13.6. The van der Waals surface area contributed by atoms with E-state index in [0.717, 1.165) is 57.2 Å². The van der Waals surface area contributed by atoms with Gasteiger partial charge in [0.15, 0.2) is 0 Å². The number of nitrogens with one attached hydrogen (secondary N) is 2. The van der Waals surface area contributed by atoms with E-state index >= 15 is 0 Å². The van der Waals surface area contributed by atoms with Gasteiger partial charge in [-0.3, -0.25) is 9.59 Å². The standard InChI is InChI=1S/C25H31N5O2/c1-29-10-4-17(5-11-29)16-27-23(31)18-2-3-21-19(14-18)22(20(15-26)24(32)28-21)30-12-8-25(6-7-25)9-13-30/h2-3,14,17H,4-13,16H2,1H3,(H,27,31)(H,28,32). The van der Waals surface area contributed by atoms with Crippen molar-refractivity contribution in [1.29, 1.82) is 5.26 Å². The predicted octanol–water partition coefficient (Wildman–Crippen LogP) is 2.85. The van der Waals surface area contributed by atoms with Crippen molar-refractivity contribution in [2.45, 2.75) is 38.5 Å². The molecule has 3 aliphatic rings. The van der Waals surface area contributed by atoms with Crippen LogP contribution < -0.4 is 15.8 Å². The second kappa shape index (κ2) is 8.25. The lowest BCUT2D eigenvalue weighted by molar-refractivity contribution is 0.0939. The van der Waals surface area contributed by atoms with Crippen molar-refractivity contribution in [2.75, 3.05) is 44.7 Å². The Labute approximate surface area is 188 Å². The van der Waals surface area contributed by atoms with E-state index in [1.165, 1.54) is 12.8 Å². The second-order valence-electron chi connectivity index (χ2n) is 9.99. The number of anilines is 1. The molecule has 2 aliphatic heterocycles. The summed E-state index contributed by atoms with van der Waals surface area (Å²) in [4.78, 5) is 32.9. The molecule has 32 heavy (non-hydrogen) atoms. The zero-order valence-electron chi connectivity index (χ0n) is 18.7. The van der Waals surface area contributed by atoms with Crippen molar-refractivity contribution in [3.8, 4) is 6.07 Å². The Kier molecular flexibility index (Phi) is 5.42. The van der Waals surface area contributed by atoms with Gasteiger partial charge in [-0.1, -0.05) is 0 Å². The van der Waals surface area contributed by atoms with E-state index in [-0.39, 0.29) is 17.0 Å². The number of H-pyrrole nitrogens is 1. The Bertz CT molecular complexity index is 1130. The number of carbonyl (C=O) groups is 1. The molecule has 7 nitrogen and oxygen atoms in total. The van der Waals surface area contributed by atoms with E-state index in [1.807, 2.05) is 6.07 Å². The van der Waals surface area contributed by atoms with Crippen molar-refractivity contribution in [1.82, 2.24) is 15.2 Å². The zero-order chi connectivity index (χ0) is 22.3. The van der Waals surface area contributed by atoms with Crippen molar-refractivity contribution >= 4 is 22.5 Å². The summed E-state index contributed by atoms with van der Waals surface area (Å²) in [5.41, 5.74) is 2.21. The van der Waals surface area contributed by atoms with E-state index in [9.17, 15) is 14.9 Å². The molecule has 0 bridgehead atoms. The summed E-state index contributed by atoms with van der Waals surface area (Å²) in [6, 6.07) is 7.51. The first-order valence-electron chi connectivity index (χ1n) is 11.8. The van der Waals surface area contributed by atoms with E-state index in [4.69, 9.17) is 0 Å². The van der Waals surface area contributed by atoms with E-state index in [2.05, 4.69) is 33.2 Å². The zero-order valence-corrected chi connectivity index (χ0v) is 18.7. The van der Waals surface area contributed by atoms with Crippen LogP contribution in [-0.4, -0.2) is 55.6 Å². The van der Waals surface area contributed by atoms with Gasteiger partial charge in [-0.05, 0) is 88.2 Å². The van der Waals surface area contributed by atoms with Crippen molar-refractivity contribution < 1.29 is 4.79 Å². The molecule has 3 fully saturated rings. The predicted molar refractivity (Wildman–Crippen MR) is 125 cm³/mol. The highest BCUT2D eigenvalue weighted by atomic mass is 16.1. The summed E-state index contributed by atoms with van der Waals surface area (Å²) >= 11 is 0. The Morgan fingerprint density at radius 3 is 2.56 bits per heavy atom. The molecule has 5 rings (SSSR count). The number of aromatic nitrogens is 1. The number of piperidine rings is 2. The van der Waals surface area contributed by atoms with Gasteiger partial charge in [-0.25, -0.2) is 0 Å². The molecular formula is C25H31N5O2. The Balaban J connectivity index is 1.42. The largest absolute Gasteiger partial charge is 0.370 e. The van der Waals surface area contributed by atoms with Gasteiger partial charge < -0.3 is 20.1 Å². The molecule has 168 valence electrons. The fraction of sp³-hybridized carbons (Fsp3) is 0.560. The summed E-state index contributed by atoms with van der Waals surface area (Å²) in [6.07, 6.45) is 6.99. The van der Waals surface area contributed by atoms with Gasteiger partial charge in [0.05, 0.1) is 11.2 Å². The summed E-state index contributed by atoms with van der Waals surface area (Å²) < 4.78 is 0. The van der Waals surface area contributed by atoms with Crippen LogP contribution in [0.15, 0.2) is 23.0 Å². The topological polar surface area (TPSA) is 92.2 Å². The number of rotatable bonds is 4. The number of hydrogen-bond acceptors (Lipinski definition) is 5. The molecule has 1 amide bonds. The minimum atomic E-state index is -0.360. The average Bonchev–Trinajstić information content (AvgIpc) is 3.56. The van der Waals surface area contributed by atoms with Gasteiger partial charge in [0, 0.05) is 30.6 Å². The highest BCUT2D eigenvalue weighted by Crippen LogP contribution is 2.54.